The number of nitrogens with zero attached hydrogens (tertiary/aromatic N) is 3. The maximum Gasteiger partial charge on any atom is 0.198 e. The fourth-order valence-electron chi connectivity index (χ4n) is 5.33. The van der Waals surface area contributed by atoms with E-state index in [4.69, 9.17) is 9.73 Å². The summed E-state index contributed by atoms with van der Waals surface area (Å²) in [7, 11) is 1.69. The van der Waals surface area contributed by atoms with Crippen molar-refractivity contribution in [1.82, 2.24) is 9.80 Å². The molecule has 6 nitrogen and oxygen atoms in total. The molecule has 2 N–H and O–H groups in total. The SMILES string of the molecule is COc1ccccc1CN=C(Nc1cc(-c2ccccc2)ccc1O)N1CCC(N2CCCC2)CC1. The molecule has 0 bridgehead atoms. The second-order valence-corrected chi connectivity index (χ2v) is 9.64. The summed E-state index contributed by atoms with van der Waals surface area (Å²) in [5, 5.41) is 14.2. The quantitative estimate of drug-likeness (QED) is 0.271. The number of rotatable bonds is 6. The van der Waals surface area contributed by atoms with Crippen LogP contribution in [0.4, 0.5) is 5.69 Å². The summed E-state index contributed by atoms with van der Waals surface area (Å²) in [6.07, 6.45) is 4.91. The van der Waals surface area contributed by atoms with Crippen LogP contribution >= 0.6 is 0 Å². The minimum atomic E-state index is 0.214. The lowest BCUT2D eigenvalue weighted by Gasteiger charge is -2.38. The van der Waals surface area contributed by atoms with E-state index >= 15 is 0 Å². The van der Waals surface area contributed by atoms with Crippen LogP contribution in [-0.2, 0) is 6.54 Å². The Morgan fingerprint density at radius 1 is 0.917 bits per heavy atom. The van der Waals surface area contributed by atoms with Gasteiger partial charge >= 0.3 is 0 Å². The van der Waals surface area contributed by atoms with Crippen molar-refractivity contribution >= 4 is 11.6 Å². The topological polar surface area (TPSA) is 60.3 Å². The molecule has 5 rings (SSSR count). The minimum absolute atomic E-state index is 0.214. The molecule has 6 heteroatoms. The van der Waals surface area contributed by atoms with Crippen molar-refractivity contribution in [2.45, 2.75) is 38.3 Å². The lowest BCUT2D eigenvalue weighted by molar-refractivity contribution is 0.163. The molecule has 188 valence electrons. The van der Waals surface area contributed by atoms with Gasteiger partial charge in [0, 0.05) is 24.7 Å². The summed E-state index contributed by atoms with van der Waals surface area (Å²) in [5.41, 5.74) is 3.86. The summed E-state index contributed by atoms with van der Waals surface area (Å²) in [6, 6.07) is 24.6. The third-order valence-electron chi connectivity index (χ3n) is 7.36. The molecule has 0 saturated carbocycles. The first-order valence-corrected chi connectivity index (χ1v) is 13.0. The standard InChI is InChI=1S/C30H36N4O2/c1-36-29-12-6-5-11-25(29)22-31-30(34-19-15-26(16-20-34)33-17-7-8-18-33)32-27-21-24(13-14-28(27)35)23-9-3-2-4-10-23/h2-6,9-14,21,26,35H,7-8,15-20,22H2,1H3,(H,31,32). The Hall–Kier alpha value is -3.51. The van der Waals surface area contributed by atoms with Gasteiger partial charge in [-0.25, -0.2) is 4.99 Å². The number of hydrogen-bond acceptors (Lipinski definition) is 4. The lowest BCUT2D eigenvalue weighted by atomic mass is 10.0. The summed E-state index contributed by atoms with van der Waals surface area (Å²) < 4.78 is 5.55. The van der Waals surface area contributed by atoms with E-state index in [0.29, 0.717) is 18.3 Å². The number of benzene rings is 3. The zero-order valence-corrected chi connectivity index (χ0v) is 21.1. The molecule has 3 aromatic carbocycles. The van der Waals surface area contributed by atoms with Gasteiger partial charge in [-0.1, -0.05) is 54.6 Å². The molecule has 36 heavy (non-hydrogen) atoms. The molecule has 2 aliphatic heterocycles. The van der Waals surface area contributed by atoms with Crippen molar-refractivity contribution in [3.05, 3.63) is 78.4 Å². The molecular formula is C30H36N4O2. The highest BCUT2D eigenvalue weighted by Gasteiger charge is 2.28. The summed E-state index contributed by atoms with van der Waals surface area (Å²) in [5.74, 6) is 1.84. The van der Waals surface area contributed by atoms with E-state index in [-0.39, 0.29) is 5.75 Å². The van der Waals surface area contributed by atoms with Gasteiger partial charge in [0.1, 0.15) is 11.5 Å². The van der Waals surface area contributed by atoms with Gasteiger partial charge in [0.2, 0.25) is 0 Å². The van der Waals surface area contributed by atoms with Crippen molar-refractivity contribution in [2.75, 3.05) is 38.6 Å². The van der Waals surface area contributed by atoms with Crippen LogP contribution in [0.2, 0.25) is 0 Å². The predicted molar refractivity (Wildman–Crippen MR) is 147 cm³/mol. The number of piperidine rings is 1. The number of methoxy groups -OCH3 is 1. The molecular weight excluding hydrogens is 448 g/mol. The molecule has 2 fully saturated rings. The van der Waals surface area contributed by atoms with E-state index < -0.39 is 0 Å². The average molecular weight is 485 g/mol. The molecule has 0 atom stereocenters. The smallest absolute Gasteiger partial charge is 0.198 e. The fourth-order valence-corrected chi connectivity index (χ4v) is 5.33. The number of nitrogens with one attached hydrogen (secondary N) is 1. The van der Waals surface area contributed by atoms with E-state index in [0.717, 1.165) is 54.3 Å². The zero-order chi connectivity index (χ0) is 24.7. The Kier molecular flexibility index (Phi) is 7.72. The first-order chi connectivity index (χ1) is 17.7. The Morgan fingerprint density at radius 3 is 2.39 bits per heavy atom. The van der Waals surface area contributed by atoms with Crippen molar-refractivity contribution in [3.63, 3.8) is 0 Å². The number of likely N-dealkylation sites (tertiary alicyclic amines) is 2. The summed E-state index contributed by atoms with van der Waals surface area (Å²) in [4.78, 5) is 10.0. The van der Waals surface area contributed by atoms with Crippen LogP contribution in [0, 0.1) is 0 Å². The van der Waals surface area contributed by atoms with Crippen LogP contribution in [0.25, 0.3) is 11.1 Å². The molecule has 2 heterocycles. The number of guanidine groups is 1. The highest BCUT2D eigenvalue weighted by atomic mass is 16.5. The molecule has 0 spiro atoms. The van der Waals surface area contributed by atoms with Gasteiger partial charge in [-0.2, -0.15) is 0 Å². The van der Waals surface area contributed by atoms with Gasteiger partial charge in [-0.3, -0.25) is 0 Å². The van der Waals surface area contributed by atoms with E-state index in [2.05, 4.69) is 27.2 Å². The largest absolute Gasteiger partial charge is 0.506 e. The van der Waals surface area contributed by atoms with Crippen LogP contribution in [0.5, 0.6) is 11.5 Å². The van der Waals surface area contributed by atoms with Gasteiger partial charge in [0.15, 0.2) is 5.96 Å². The van der Waals surface area contributed by atoms with Gasteiger partial charge in [0.25, 0.3) is 0 Å². The van der Waals surface area contributed by atoms with Crippen molar-refractivity contribution < 1.29 is 9.84 Å². The molecule has 0 amide bonds. The van der Waals surface area contributed by atoms with Crippen LogP contribution in [0.15, 0.2) is 77.8 Å². The number of phenols is 1. The monoisotopic (exact) mass is 484 g/mol. The van der Waals surface area contributed by atoms with Crippen molar-refractivity contribution in [2.24, 2.45) is 4.99 Å². The highest BCUT2D eigenvalue weighted by Crippen LogP contribution is 2.31. The predicted octanol–water partition coefficient (Wildman–Crippen LogP) is 5.60. The van der Waals surface area contributed by atoms with E-state index in [9.17, 15) is 5.11 Å². The normalized spacial score (nSPS) is 17.4. The number of ether oxygens (including phenoxy) is 1. The second-order valence-electron chi connectivity index (χ2n) is 9.64. The second kappa shape index (κ2) is 11.5. The van der Waals surface area contributed by atoms with Crippen molar-refractivity contribution in [1.29, 1.82) is 0 Å². The number of anilines is 1. The Bertz CT molecular complexity index is 1170. The van der Waals surface area contributed by atoms with Crippen LogP contribution < -0.4 is 10.1 Å². The third kappa shape index (κ3) is 5.65. The minimum Gasteiger partial charge on any atom is -0.506 e. The number of hydrogen-bond donors (Lipinski definition) is 2. The third-order valence-corrected chi connectivity index (χ3v) is 7.36. The Balaban J connectivity index is 1.39. The first kappa shape index (κ1) is 24.2. The molecule has 0 unspecified atom stereocenters. The van der Waals surface area contributed by atoms with Crippen LogP contribution in [0.1, 0.15) is 31.2 Å². The zero-order valence-electron chi connectivity index (χ0n) is 21.1. The van der Waals surface area contributed by atoms with Crippen molar-refractivity contribution in [3.8, 4) is 22.6 Å². The average Bonchev–Trinajstić information content (AvgIpc) is 3.48. The fraction of sp³-hybridized carbons (Fsp3) is 0.367. The Labute approximate surface area is 214 Å². The van der Waals surface area contributed by atoms with E-state index in [1.54, 1.807) is 13.2 Å². The number of aromatic hydroxyl groups is 1. The van der Waals surface area contributed by atoms with Crippen LogP contribution in [0.3, 0.4) is 0 Å². The molecule has 0 radical (unpaired) electrons. The summed E-state index contributed by atoms with van der Waals surface area (Å²) >= 11 is 0. The van der Waals surface area contributed by atoms with Crippen LogP contribution in [-0.4, -0.2) is 60.2 Å². The molecule has 0 aromatic heterocycles. The Morgan fingerprint density at radius 2 is 1.64 bits per heavy atom. The highest BCUT2D eigenvalue weighted by molar-refractivity contribution is 5.96. The lowest BCUT2D eigenvalue weighted by Crippen LogP contribution is -2.47. The molecule has 0 aliphatic carbocycles. The van der Waals surface area contributed by atoms with E-state index in [1.807, 2.05) is 54.6 Å². The molecule has 2 aliphatic rings. The number of para-hydroxylation sites is 1. The molecule has 2 saturated heterocycles. The van der Waals surface area contributed by atoms with Gasteiger partial charge in [-0.15, -0.1) is 0 Å². The van der Waals surface area contributed by atoms with E-state index in [1.165, 1.54) is 25.9 Å². The summed E-state index contributed by atoms with van der Waals surface area (Å²) in [6.45, 7) is 4.85. The maximum absolute atomic E-state index is 10.7. The maximum atomic E-state index is 10.7. The van der Waals surface area contributed by atoms with Gasteiger partial charge < -0.3 is 25.0 Å². The number of aliphatic imine (C=N–C) groups is 1. The van der Waals surface area contributed by atoms with Gasteiger partial charge in [0.05, 0.1) is 19.3 Å². The molecule has 3 aromatic rings. The van der Waals surface area contributed by atoms with Gasteiger partial charge in [-0.05, 0) is 68.1 Å². The first-order valence-electron chi connectivity index (χ1n) is 13.0. The number of phenolic OH excluding ortho intramolecular Hbond substituents is 1.